The van der Waals surface area contributed by atoms with Crippen molar-refractivity contribution in [3.8, 4) is 0 Å². The second-order valence-electron chi connectivity index (χ2n) is 4.65. The van der Waals surface area contributed by atoms with Crippen molar-refractivity contribution in [2.24, 2.45) is 0 Å². The van der Waals surface area contributed by atoms with Crippen molar-refractivity contribution in [3.63, 3.8) is 0 Å². The normalized spacial score (nSPS) is 10.5. The lowest BCUT2D eigenvalue weighted by molar-refractivity contribution is -0.116. The van der Waals surface area contributed by atoms with E-state index in [0.717, 1.165) is 16.9 Å². The minimum atomic E-state index is -0.146. The molecule has 0 radical (unpaired) electrons. The van der Waals surface area contributed by atoms with Gasteiger partial charge in [-0.3, -0.25) is 4.79 Å². The molecule has 1 aromatic heterocycles. The van der Waals surface area contributed by atoms with Gasteiger partial charge in [-0.2, -0.15) is 0 Å². The average molecular weight is 274 g/mol. The van der Waals surface area contributed by atoms with Crippen LogP contribution in [0.2, 0.25) is 0 Å². The summed E-state index contributed by atoms with van der Waals surface area (Å²) >= 11 is 0. The number of carbonyl (C=O) groups is 1. The Balaban J connectivity index is 1.87. The number of rotatable bonds is 6. The first kappa shape index (κ1) is 14.2. The second-order valence-corrected chi connectivity index (χ2v) is 4.65. The molecule has 2 N–H and O–H groups in total. The van der Waals surface area contributed by atoms with Gasteiger partial charge in [0.05, 0.1) is 5.69 Å². The lowest BCUT2D eigenvalue weighted by Crippen LogP contribution is -2.19. The van der Waals surface area contributed by atoms with Gasteiger partial charge in [-0.15, -0.1) is 5.10 Å². The van der Waals surface area contributed by atoms with Gasteiger partial charge in [0, 0.05) is 18.5 Å². The van der Waals surface area contributed by atoms with Gasteiger partial charge in [-0.05, 0) is 31.9 Å². The monoisotopic (exact) mass is 274 g/mol. The number of benzene rings is 1. The van der Waals surface area contributed by atoms with Crippen LogP contribution in [0.1, 0.15) is 17.7 Å². The van der Waals surface area contributed by atoms with Crippen LogP contribution in [0, 0.1) is 6.92 Å². The van der Waals surface area contributed by atoms with Gasteiger partial charge < -0.3 is 10.4 Å². The molecule has 1 heterocycles. The molecule has 6 nitrogen and oxygen atoms in total. The van der Waals surface area contributed by atoms with E-state index in [1.165, 1.54) is 4.68 Å². The predicted octanol–water partition coefficient (Wildman–Crippen LogP) is 1.15. The number of anilines is 1. The lowest BCUT2D eigenvalue weighted by Gasteiger charge is -2.05. The maximum Gasteiger partial charge on any atom is 0.246 e. The van der Waals surface area contributed by atoms with Crippen molar-refractivity contribution in [1.29, 1.82) is 0 Å². The molecule has 0 fully saturated rings. The summed E-state index contributed by atoms with van der Waals surface area (Å²) in [6.45, 7) is 2.25. The zero-order valence-corrected chi connectivity index (χ0v) is 11.4. The fourth-order valence-corrected chi connectivity index (χ4v) is 1.78. The SMILES string of the molecule is Cc1ccc(NC(=O)Cn2cc(CCCO)nn2)cc1. The molecular formula is C14H18N4O2. The molecule has 1 amide bonds. The third-order valence-electron chi connectivity index (χ3n) is 2.82. The Morgan fingerprint density at radius 1 is 1.35 bits per heavy atom. The number of carbonyl (C=O) groups excluding carboxylic acids is 1. The highest BCUT2D eigenvalue weighted by Crippen LogP contribution is 2.08. The van der Waals surface area contributed by atoms with E-state index in [0.29, 0.717) is 12.8 Å². The predicted molar refractivity (Wildman–Crippen MR) is 75.2 cm³/mol. The molecular weight excluding hydrogens is 256 g/mol. The maximum absolute atomic E-state index is 11.9. The van der Waals surface area contributed by atoms with Gasteiger partial charge in [-0.1, -0.05) is 22.9 Å². The van der Waals surface area contributed by atoms with Gasteiger partial charge in [0.15, 0.2) is 0 Å². The number of aliphatic hydroxyl groups excluding tert-OH is 1. The third kappa shape index (κ3) is 4.17. The molecule has 0 unspecified atom stereocenters. The molecule has 0 saturated carbocycles. The van der Waals surface area contributed by atoms with E-state index in [1.54, 1.807) is 6.20 Å². The molecule has 0 aliphatic rings. The van der Waals surface area contributed by atoms with E-state index in [1.807, 2.05) is 31.2 Å². The van der Waals surface area contributed by atoms with Crippen LogP contribution in [0.25, 0.3) is 0 Å². The Kier molecular flexibility index (Phi) is 4.84. The molecule has 0 bridgehead atoms. The van der Waals surface area contributed by atoms with E-state index < -0.39 is 0 Å². The molecule has 2 aromatic rings. The van der Waals surface area contributed by atoms with Crippen LogP contribution in [0.4, 0.5) is 5.69 Å². The molecule has 0 aliphatic carbocycles. The lowest BCUT2D eigenvalue weighted by atomic mass is 10.2. The first-order chi connectivity index (χ1) is 9.67. The second kappa shape index (κ2) is 6.81. The highest BCUT2D eigenvalue weighted by atomic mass is 16.2. The molecule has 6 heteroatoms. The summed E-state index contributed by atoms with van der Waals surface area (Å²) < 4.78 is 1.50. The van der Waals surface area contributed by atoms with E-state index in [4.69, 9.17) is 5.11 Å². The summed E-state index contributed by atoms with van der Waals surface area (Å²) in [5.74, 6) is -0.146. The molecule has 0 spiro atoms. The summed E-state index contributed by atoms with van der Waals surface area (Å²) in [7, 11) is 0. The number of hydrogen-bond donors (Lipinski definition) is 2. The average Bonchev–Trinajstić information content (AvgIpc) is 2.86. The van der Waals surface area contributed by atoms with Crippen molar-refractivity contribution < 1.29 is 9.90 Å². The number of aromatic nitrogens is 3. The number of nitrogens with one attached hydrogen (secondary N) is 1. The Morgan fingerprint density at radius 2 is 2.10 bits per heavy atom. The van der Waals surface area contributed by atoms with Crippen LogP contribution in [0.15, 0.2) is 30.5 Å². The van der Waals surface area contributed by atoms with Crippen molar-refractivity contribution >= 4 is 11.6 Å². The van der Waals surface area contributed by atoms with E-state index in [2.05, 4.69) is 15.6 Å². The number of amides is 1. The summed E-state index contributed by atoms with van der Waals surface area (Å²) in [6, 6.07) is 7.61. The summed E-state index contributed by atoms with van der Waals surface area (Å²) in [5, 5.41) is 19.4. The summed E-state index contributed by atoms with van der Waals surface area (Å²) in [6.07, 6.45) is 3.04. The molecule has 20 heavy (non-hydrogen) atoms. The first-order valence-corrected chi connectivity index (χ1v) is 6.54. The largest absolute Gasteiger partial charge is 0.396 e. The first-order valence-electron chi connectivity index (χ1n) is 6.54. The van der Waals surface area contributed by atoms with Crippen molar-refractivity contribution in [3.05, 3.63) is 41.7 Å². The van der Waals surface area contributed by atoms with Gasteiger partial charge in [0.25, 0.3) is 0 Å². The molecule has 0 aliphatic heterocycles. The van der Waals surface area contributed by atoms with E-state index in [9.17, 15) is 4.79 Å². The summed E-state index contributed by atoms with van der Waals surface area (Å²) in [4.78, 5) is 11.9. The van der Waals surface area contributed by atoms with Crippen molar-refractivity contribution in [1.82, 2.24) is 15.0 Å². The number of nitrogens with zero attached hydrogens (tertiary/aromatic N) is 3. The minimum absolute atomic E-state index is 0.125. The molecule has 2 rings (SSSR count). The highest BCUT2D eigenvalue weighted by molar-refractivity contribution is 5.90. The van der Waals surface area contributed by atoms with Gasteiger partial charge in [0.1, 0.15) is 6.54 Å². The molecule has 1 aromatic carbocycles. The fourth-order valence-electron chi connectivity index (χ4n) is 1.78. The van der Waals surface area contributed by atoms with Gasteiger partial charge in [0.2, 0.25) is 5.91 Å². The fraction of sp³-hybridized carbons (Fsp3) is 0.357. The van der Waals surface area contributed by atoms with Crippen LogP contribution >= 0.6 is 0 Å². The number of hydrogen-bond acceptors (Lipinski definition) is 4. The maximum atomic E-state index is 11.9. The Bertz CT molecular complexity index is 563. The van der Waals surface area contributed by atoms with Gasteiger partial charge in [-0.25, -0.2) is 4.68 Å². The van der Waals surface area contributed by atoms with Crippen molar-refractivity contribution in [2.75, 3.05) is 11.9 Å². The Morgan fingerprint density at radius 3 is 2.80 bits per heavy atom. The highest BCUT2D eigenvalue weighted by Gasteiger charge is 2.06. The third-order valence-corrected chi connectivity index (χ3v) is 2.82. The van der Waals surface area contributed by atoms with E-state index in [-0.39, 0.29) is 19.1 Å². The van der Waals surface area contributed by atoms with Crippen LogP contribution < -0.4 is 5.32 Å². The zero-order chi connectivity index (χ0) is 14.4. The summed E-state index contributed by atoms with van der Waals surface area (Å²) in [5.41, 5.74) is 2.69. The van der Waals surface area contributed by atoms with Crippen LogP contribution in [-0.2, 0) is 17.8 Å². The van der Waals surface area contributed by atoms with Crippen LogP contribution in [0.3, 0.4) is 0 Å². The smallest absolute Gasteiger partial charge is 0.246 e. The van der Waals surface area contributed by atoms with Crippen LogP contribution in [0.5, 0.6) is 0 Å². The van der Waals surface area contributed by atoms with Crippen molar-refractivity contribution in [2.45, 2.75) is 26.3 Å². The minimum Gasteiger partial charge on any atom is -0.396 e. The number of aryl methyl sites for hydroxylation is 2. The molecule has 0 saturated heterocycles. The quantitative estimate of drug-likeness (QED) is 0.828. The van der Waals surface area contributed by atoms with E-state index >= 15 is 0 Å². The standard InChI is InChI=1S/C14H18N4O2/c1-11-4-6-12(7-5-11)15-14(20)10-18-9-13(16-17-18)3-2-8-19/h4-7,9,19H,2-3,8,10H2,1H3,(H,15,20). The Hall–Kier alpha value is -2.21. The van der Waals surface area contributed by atoms with Crippen LogP contribution in [-0.4, -0.2) is 32.6 Å². The molecule has 0 atom stereocenters. The Labute approximate surface area is 117 Å². The molecule has 106 valence electrons. The zero-order valence-electron chi connectivity index (χ0n) is 11.4. The number of aliphatic hydroxyl groups is 1. The van der Waals surface area contributed by atoms with Gasteiger partial charge >= 0.3 is 0 Å². The topological polar surface area (TPSA) is 80.0 Å².